The maximum absolute atomic E-state index is 12.6. The topological polar surface area (TPSA) is 113 Å². The first-order valence-corrected chi connectivity index (χ1v) is 9.74. The number of ketones is 1. The summed E-state index contributed by atoms with van der Waals surface area (Å²) in [6.45, 7) is 1.83. The molecule has 0 saturated heterocycles. The van der Waals surface area contributed by atoms with Crippen molar-refractivity contribution in [2.24, 2.45) is 0 Å². The number of rotatable bonds is 5. The molecule has 0 bridgehead atoms. The van der Waals surface area contributed by atoms with E-state index in [2.05, 4.69) is 10.0 Å². The second kappa shape index (κ2) is 6.22. The van der Waals surface area contributed by atoms with Crippen molar-refractivity contribution >= 4 is 33.1 Å². The van der Waals surface area contributed by atoms with E-state index in [1.54, 1.807) is 18.2 Å². The van der Waals surface area contributed by atoms with Crippen molar-refractivity contribution in [2.75, 3.05) is 16.3 Å². The highest BCUT2D eigenvalue weighted by molar-refractivity contribution is 7.92. The van der Waals surface area contributed by atoms with Crippen LogP contribution in [0.2, 0.25) is 0 Å². The normalized spacial score (nSPS) is 19.0. The largest absolute Gasteiger partial charge is 0.375 e. The summed E-state index contributed by atoms with van der Waals surface area (Å²) in [4.78, 5) is 24.8. The Balaban J connectivity index is 1.84. The predicted octanol–water partition coefficient (Wildman–Crippen LogP) is 1.78. The van der Waals surface area contributed by atoms with Crippen LogP contribution in [0.5, 0.6) is 0 Å². The van der Waals surface area contributed by atoms with Gasteiger partial charge in [-0.15, -0.1) is 0 Å². The highest BCUT2D eigenvalue weighted by Crippen LogP contribution is 2.39. The molecule has 3 rings (SSSR count). The van der Waals surface area contributed by atoms with Crippen LogP contribution in [0.1, 0.15) is 27.9 Å². The van der Waals surface area contributed by atoms with Crippen LogP contribution < -0.4 is 10.0 Å². The minimum Gasteiger partial charge on any atom is -0.375 e. The van der Waals surface area contributed by atoms with Crippen molar-refractivity contribution in [1.29, 1.82) is 0 Å². The molecule has 1 aliphatic heterocycles. The quantitative estimate of drug-likeness (QED) is 0.691. The highest BCUT2D eigenvalue weighted by atomic mass is 32.2. The third kappa shape index (κ3) is 3.47. The Morgan fingerprint density at radius 3 is 2.46 bits per heavy atom. The molecule has 1 atom stereocenters. The monoisotopic (exact) mass is 374 g/mol. The number of hydrogen-bond acceptors (Lipinski definition) is 5. The Bertz CT molecular complexity index is 999. The van der Waals surface area contributed by atoms with Gasteiger partial charge in [-0.25, -0.2) is 8.42 Å². The molecule has 2 aromatic rings. The Hall–Kier alpha value is -2.71. The Morgan fingerprint density at radius 1 is 1.19 bits per heavy atom. The average Bonchev–Trinajstić information content (AvgIpc) is 2.78. The van der Waals surface area contributed by atoms with E-state index in [1.165, 1.54) is 24.3 Å². The molecule has 0 radical (unpaired) electrons. The molecule has 1 amide bonds. The maximum Gasteiger partial charge on any atom is 0.261 e. The summed E-state index contributed by atoms with van der Waals surface area (Å²) >= 11 is 0. The van der Waals surface area contributed by atoms with Crippen LogP contribution in [0.4, 0.5) is 11.4 Å². The summed E-state index contributed by atoms with van der Waals surface area (Å²) in [6.07, 6.45) is 0.619. The van der Waals surface area contributed by atoms with Gasteiger partial charge in [0.2, 0.25) is 10.0 Å². The van der Waals surface area contributed by atoms with Crippen LogP contribution in [0.15, 0.2) is 42.5 Å². The van der Waals surface area contributed by atoms with Crippen LogP contribution in [0, 0.1) is 6.92 Å². The van der Waals surface area contributed by atoms with Crippen molar-refractivity contribution in [3.8, 4) is 0 Å². The number of aryl methyl sites for hydroxylation is 1. The third-order valence-corrected chi connectivity index (χ3v) is 4.78. The van der Waals surface area contributed by atoms with Gasteiger partial charge in [-0.1, -0.05) is 17.7 Å². The summed E-state index contributed by atoms with van der Waals surface area (Å²) in [5, 5.41) is 13.4. The molecule has 0 unspecified atom stereocenters. The van der Waals surface area contributed by atoms with E-state index in [-0.39, 0.29) is 5.56 Å². The molecule has 3 N–H and O–H groups in total. The number of anilines is 2. The van der Waals surface area contributed by atoms with E-state index in [0.29, 0.717) is 16.9 Å². The number of amides is 1. The molecule has 1 aliphatic rings. The molecular formula is C18H18N2O5S. The molecule has 1 heterocycles. The first kappa shape index (κ1) is 18.1. The van der Waals surface area contributed by atoms with E-state index < -0.39 is 33.7 Å². The second-order valence-corrected chi connectivity index (χ2v) is 8.16. The summed E-state index contributed by atoms with van der Waals surface area (Å²) in [7, 11) is -3.41. The fourth-order valence-electron chi connectivity index (χ4n) is 2.91. The molecule has 136 valence electrons. The number of hydrogen-bond donors (Lipinski definition) is 3. The Kier molecular flexibility index (Phi) is 4.33. The first-order valence-electron chi connectivity index (χ1n) is 7.84. The van der Waals surface area contributed by atoms with Crippen molar-refractivity contribution in [3.05, 3.63) is 59.2 Å². The number of sulfonamides is 1. The van der Waals surface area contributed by atoms with Gasteiger partial charge in [0, 0.05) is 22.5 Å². The average molecular weight is 374 g/mol. The van der Waals surface area contributed by atoms with E-state index in [1.807, 2.05) is 6.92 Å². The van der Waals surface area contributed by atoms with Crippen LogP contribution in [0.3, 0.4) is 0 Å². The van der Waals surface area contributed by atoms with Gasteiger partial charge in [0.05, 0.1) is 12.7 Å². The number of carbonyl (C=O) groups is 2. The molecular weight excluding hydrogens is 356 g/mol. The zero-order chi connectivity index (χ0) is 19.1. The number of nitrogens with one attached hydrogen (secondary N) is 2. The minimum atomic E-state index is -3.41. The molecule has 0 saturated carbocycles. The molecule has 2 aromatic carbocycles. The lowest BCUT2D eigenvalue weighted by molar-refractivity contribution is -0.133. The fourth-order valence-corrected chi connectivity index (χ4v) is 3.47. The zero-order valence-corrected chi connectivity index (χ0v) is 15.1. The molecule has 26 heavy (non-hydrogen) atoms. The van der Waals surface area contributed by atoms with Gasteiger partial charge >= 0.3 is 0 Å². The number of benzene rings is 2. The molecule has 0 aliphatic carbocycles. The van der Waals surface area contributed by atoms with Gasteiger partial charge < -0.3 is 10.4 Å². The first-order chi connectivity index (χ1) is 12.1. The molecule has 0 aromatic heterocycles. The number of fused-ring (bicyclic) bond motifs is 1. The second-order valence-electron chi connectivity index (χ2n) is 6.41. The van der Waals surface area contributed by atoms with Crippen LogP contribution in [-0.4, -0.2) is 31.5 Å². The van der Waals surface area contributed by atoms with Gasteiger partial charge in [0.25, 0.3) is 5.91 Å². The third-order valence-electron chi connectivity index (χ3n) is 4.17. The van der Waals surface area contributed by atoms with Gasteiger partial charge in [-0.05, 0) is 37.3 Å². The molecule has 0 spiro atoms. The smallest absolute Gasteiger partial charge is 0.261 e. The van der Waals surface area contributed by atoms with Crippen LogP contribution in [-0.2, 0) is 20.4 Å². The maximum atomic E-state index is 12.6. The fraction of sp³-hybridized carbons (Fsp3) is 0.222. The molecule has 7 nitrogen and oxygen atoms in total. The van der Waals surface area contributed by atoms with Crippen molar-refractivity contribution < 1.29 is 23.1 Å². The van der Waals surface area contributed by atoms with Gasteiger partial charge in [0.1, 0.15) is 0 Å². The van der Waals surface area contributed by atoms with E-state index >= 15 is 0 Å². The Labute approximate surface area is 151 Å². The van der Waals surface area contributed by atoms with Gasteiger partial charge in [0.15, 0.2) is 11.4 Å². The summed E-state index contributed by atoms with van der Waals surface area (Å²) in [5.41, 5.74) is 0.396. The number of Topliss-reactive ketones (excluding diaryl/α,β-unsaturated/α-hetero) is 1. The lowest BCUT2D eigenvalue weighted by Gasteiger charge is -2.20. The standard InChI is InChI=1S/C18H18N2O5S/c1-11-3-8-15-14(9-11)18(23,17(22)19-15)10-16(21)12-4-6-13(7-5-12)20-26(2,24)25/h3-9,20,23H,10H2,1-2H3,(H,19,22)/t18-/m0/s1. The number of aliphatic hydroxyl groups is 1. The lowest BCUT2D eigenvalue weighted by Crippen LogP contribution is -2.36. The van der Waals surface area contributed by atoms with Crippen molar-refractivity contribution in [3.63, 3.8) is 0 Å². The van der Waals surface area contributed by atoms with Crippen LogP contribution in [0.25, 0.3) is 0 Å². The summed E-state index contributed by atoms with van der Waals surface area (Å²) < 4.78 is 24.7. The molecule has 0 fully saturated rings. The van der Waals surface area contributed by atoms with E-state index in [0.717, 1.165) is 11.8 Å². The SMILES string of the molecule is Cc1ccc2c(c1)[C@@](O)(CC(=O)c1ccc(NS(C)(=O)=O)cc1)C(=O)N2. The van der Waals surface area contributed by atoms with Crippen molar-refractivity contribution in [1.82, 2.24) is 0 Å². The zero-order valence-electron chi connectivity index (χ0n) is 14.2. The highest BCUT2D eigenvalue weighted by Gasteiger charge is 2.46. The lowest BCUT2D eigenvalue weighted by atomic mass is 9.87. The van der Waals surface area contributed by atoms with Gasteiger partial charge in [-0.3, -0.25) is 14.3 Å². The minimum absolute atomic E-state index is 0.270. The predicted molar refractivity (Wildman–Crippen MR) is 97.6 cm³/mol. The summed E-state index contributed by atoms with van der Waals surface area (Å²) in [5.74, 6) is -1.07. The molecule has 8 heteroatoms. The number of carbonyl (C=O) groups excluding carboxylic acids is 2. The van der Waals surface area contributed by atoms with E-state index in [9.17, 15) is 23.1 Å². The van der Waals surface area contributed by atoms with Crippen molar-refractivity contribution in [2.45, 2.75) is 18.9 Å². The van der Waals surface area contributed by atoms with Gasteiger partial charge in [-0.2, -0.15) is 0 Å². The van der Waals surface area contributed by atoms with Crippen LogP contribution >= 0.6 is 0 Å². The summed E-state index contributed by atoms with van der Waals surface area (Å²) in [6, 6.07) is 11.0. The van der Waals surface area contributed by atoms with E-state index in [4.69, 9.17) is 0 Å². The Morgan fingerprint density at radius 2 is 1.85 bits per heavy atom.